The Morgan fingerprint density at radius 1 is 1.24 bits per heavy atom. The third-order valence-corrected chi connectivity index (χ3v) is 5.57. The molecule has 2 aromatic heterocycles. The molecule has 0 amide bonds. The number of aliphatic hydroxyl groups excluding tert-OH is 1. The van der Waals surface area contributed by atoms with Crippen LogP contribution in [-0.4, -0.2) is 72.8 Å². The van der Waals surface area contributed by atoms with E-state index in [1.165, 1.54) is 0 Å². The first-order valence-corrected chi connectivity index (χ1v) is 11.0. The second kappa shape index (κ2) is 10.5. The lowest BCUT2D eigenvalue weighted by atomic mass is 10.1. The maximum atomic E-state index is 9.69. The van der Waals surface area contributed by atoms with E-state index >= 15 is 0 Å². The topological polar surface area (TPSA) is 102 Å². The number of rotatable bonds is 8. The number of aromatic nitrogens is 3. The first kappa shape index (κ1) is 22.9. The van der Waals surface area contributed by atoms with Crippen LogP contribution in [0.1, 0.15) is 18.9 Å². The Morgan fingerprint density at radius 3 is 2.88 bits per heavy atom. The van der Waals surface area contributed by atoms with Gasteiger partial charge in [-0.3, -0.25) is 0 Å². The van der Waals surface area contributed by atoms with E-state index in [-0.39, 0.29) is 18.7 Å². The standard InChI is InChI=1S/C24H29N5O4/c1-16-15-32-12-10-29(16)23-19-6-7-20(17-5-8-21(31-3)18(13-17)14-30)26-22(19)27-24(28-23)33-11-4-9-25-2/h5-9,13,16,30H,4,10-12,14-15H2,1-3H3/t16-/m0/s1. The Bertz CT molecular complexity index is 1140. The monoisotopic (exact) mass is 451 g/mol. The van der Waals surface area contributed by atoms with Gasteiger partial charge in [0, 0.05) is 37.4 Å². The van der Waals surface area contributed by atoms with Crippen molar-refractivity contribution in [2.24, 2.45) is 4.99 Å². The van der Waals surface area contributed by atoms with Gasteiger partial charge < -0.3 is 29.2 Å². The van der Waals surface area contributed by atoms with E-state index in [0.29, 0.717) is 43.2 Å². The van der Waals surface area contributed by atoms with Gasteiger partial charge in [-0.05, 0) is 37.3 Å². The van der Waals surface area contributed by atoms with Crippen molar-refractivity contribution in [1.29, 1.82) is 0 Å². The molecule has 0 bridgehead atoms. The molecule has 0 radical (unpaired) electrons. The molecule has 0 spiro atoms. The summed E-state index contributed by atoms with van der Waals surface area (Å²) in [7, 11) is 3.32. The summed E-state index contributed by atoms with van der Waals surface area (Å²) in [5.74, 6) is 1.43. The van der Waals surface area contributed by atoms with Crippen molar-refractivity contribution in [2.45, 2.75) is 26.0 Å². The number of hydrogen-bond acceptors (Lipinski definition) is 9. The Balaban J connectivity index is 1.77. The molecule has 1 atom stereocenters. The van der Waals surface area contributed by atoms with Crippen LogP contribution in [0, 0.1) is 0 Å². The molecule has 0 unspecified atom stereocenters. The molecule has 33 heavy (non-hydrogen) atoms. The molecular formula is C24H29N5O4. The highest BCUT2D eigenvalue weighted by Crippen LogP contribution is 2.31. The van der Waals surface area contributed by atoms with Crippen molar-refractivity contribution in [3.05, 3.63) is 35.9 Å². The van der Waals surface area contributed by atoms with Crippen molar-refractivity contribution in [3.63, 3.8) is 0 Å². The summed E-state index contributed by atoms with van der Waals surface area (Å²) in [6.07, 6.45) is 2.47. The van der Waals surface area contributed by atoms with E-state index in [1.54, 1.807) is 20.4 Å². The number of benzene rings is 1. The fourth-order valence-corrected chi connectivity index (χ4v) is 3.85. The van der Waals surface area contributed by atoms with E-state index in [2.05, 4.69) is 21.8 Å². The number of ether oxygens (including phenoxy) is 3. The highest BCUT2D eigenvalue weighted by atomic mass is 16.5. The first-order valence-electron chi connectivity index (χ1n) is 11.0. The van der Waals surface area contributed by atoms with Crippen LogP contribution in [0.2, 0.25) is 0 Å². The maximum absolute atomic E-state index is 9.69. The number of aliphatic hydroxyl groups is 1. The number of fused-ring (bicyclic) bond motifs is 1. The lowest BCUT2D eigenvalue weighted by Crippen LogP contribution is -2.44. The molecule has 9 nitrogen and oxygen atoms in total. The van der Waals surface area contributed by atoms with Gasteiger partial charge >= 0.3 is 6.01 Å². The minimum atomic E-state index is -0.120. The SMILES string of the molecule is CN=CCCOc1nc(N2CCOC[C@@H]2C)c2ccc(-c3ccc(OC)c(CO)c3)nc2n1. The number of morpholine rings is 1. The highest BCUT2D eigenvalue weighted by Gasteiger charge is 2.24. The average molecular weight is 452 g/mol. The van der Waals surface area contributed by atoms with Gasteiger partial charge in [0.25, 0.3) is 0 Å². The molecule has 3 aromatic rings. The summed E-state index contributed by atoms with van der Waals surface area (Å²) < 4.78 is 16.8. The van der Waals surface area contributed by atoms with Crippen molar-refractivity contribution < 1.29 is 19.3 Å². The molecule has 1 fully saturated rings. The average Bonchev–Trinajstić information content (AvgIpc) is 2.85. The normalized spacial score (nSPS) is 16.5. The van der Waals surface area contributed by atoms with Crippen LogP contribution in [-0.2, 0) is 11.3 Å². The molecule has 0 aliphatic carbocycles. The van der Waals surface area contributed by atoms with Gasteiger partial charge in [-0.2, -0.15) is 9.97 Å². The molecule has 0 saturated carbocycles. The lowest BCUT2D eigenvalue weighted by Gasteiger charge is -2.34. The molecule has 3 heterocycles. The fourth-order valence-electron chi connectivity index (χ4n) is 3.85. The van der Waals surface area contributed by atoms with Crippen LogP contribution < -0.4 is 14.4 Å². The lowest BCUT2D eigenvalue weighted by molar-refractivity contribution is 0.0986. The Labute approximate surface area is 193 Å². The number of hydrogen-bond donors (Lipinski definition) is 1. The Kier molecular flexibility index (Phi) is 7.31. The third kappa shape index (κ3) is 5.04. The molecule has 9 heteroatoms. The minimum Gasteiger partial charge on any atom is -0.496 e. The van der Waals surface area contributed by atoms with Crippen molar-refractivity contribution in [1.82, 2.24) is 15.0 Å². The van der Waals surface area contributed by atoms with E-state index < -0.39 is 0 Å². The van der Waals surface area contributed by atoms with Crippen molar-refractivity contribution in [3.8, 4) is 23.0 Å². The van der Waals surface area contributed by atoms with Gasteiger partial charge in [0.05, 0.1) is 50.7 Å². The van der Waals surface area contributed by atoms with Gasteiger partial charge in [0.1, 0.15) is 11.6 Å². The number of anilines is 1. The van der Waals surface area contributed by atoms with Crippen molar-refractivity contribution in [2.75, 3.05) is 45.4 Å². The quantitative estimate of drug-likeness (QED) is 0.412. The summed E-state index contributed by atoms with van der Waals surface area (Å²) >= 11 is 0. The molecule has 1 saturated heterocycles. The molecule has 174 valence electrons. The summed E-state index contributed by atoms with van der Waals surface area (Å²) in [6, 6.07) is 10.0. The summed E-state index contributed by atoms with van der Waals surface area (Å²) in [4.78, 5) is 20.3. The van der Waals surface area contributed by atoms with Crippen LogP contribution in [0.15, 0.2) is 35.3 Å². The summed E-state index contributed by atoms with van der Waals surface area (Å²) in [5, 5.41) is 10.5. The molecular weight excluding hydrogens is 422 g/mol. The van der Waals surface area contributed by atoms with Crippen LogP contribution in [0.5, 0.6) is 11.8 Å². The predicted molar refractivity (Wildman–Crippen MR) is 127 cm³/mol. The van der Waals surface area contributed by atoms with E-state index in [1.807, 2.05) is 30.3 Å². The maximum Gasteiger partial charge on any atom is 0.320 e. The van der Waals surface area contributed by atoms with E-state index in [0.717, 1.165) is 29.0 Å². The number of nitrogens with zero attached hydrogens (tertiary/aromatic N) is 5. The predicted octanol–water partition coefficient (Wildman–Crippen LogP) is 2.89. The number of methoxy groups -OCH3 is 1. The first-order chi connectivity index (χ1) is 16.1. The zero-order valence-corrected chi connectivity index (χ0v) is 19.2. The van der Waals surface area contributed by atoms with Crippen molar-refractivity contribution >= 4 is 23.1 Å². The second-order valence-electron chi connectivity index (χ2n) is 7.78. The molecule has 4 rings (SSSR count). The Hall–Kier alpha value is -3.30. The summed E-state index contributed by atoms with van der Waals surface area (Å²) in [6.45, 7) is 4.43. The fraction of sp³-hybridized carbons (Fsp3) is 0.417. The Morgan fingerprint density at radius 2 is 2.12 bits per heavy atom. The number of pyridine rings is 1. The van der Waals surface area contributed by atoms with Gasteiger partial charge in [0.15, 0.2) is 5.65 Å². The minimum absolute atomic E-state index is 0.120. The highest BCUT2D eigenvalue weighted by molar-refractivity contribution is 5.89. The van der Waals surface area contributed by atoms with E-state index in [9.17, 15) is 5.11 Å². The van der Waals surface area contributed by atoms with E-state index in [4.69, 9.17) is 24.2 Å². The summed E-state index contributed by atoms with van der Waals surface area (Å²) in [5.41, 5.74) is 2.85. The number of aliphatic imine (C=N–C) groups is 1. The molecule has 1 aliphatic rings. The molecule has 1 aromatic carbocycles. The zero-order valence-electron chi connectivity index (χ0n) is 19.2. The van der Waals surface area contributed by atoms with Crippen LogP contribution in [0.4, 0.5) is 5.82 Å². The van der Waals surface area contributed by atoms with Gasteiger partial charge in [-0.1, -0.05) is 0 Å². The third-order valence-electron chi connectivity index (χ3n) is 5.57. The van der Waals surface area contributed by atoms with Crippen LogP contribution >= 0.6 is 0 Å². The van der Waals surface area contributed by atoms with Crippen LogP contribution in [0.3, 0.4) is 0 Å². The second-order valence-corrected chi connectivity index (χ2v) is 7.78. The molecule has 1 aliphatic heterocycles. The smallest absolute Gasteiger partial charge is 0.320 e. The van der Waals surface area contributed by atoms with Gasteiger partial charge in [0.2, 0.25) is 0 Å². The molecule has 1 N–H and O–H groups in total. The zero-order chi connectivity index (χ0) is 23.2. The largest absolute Gasteiger partial charge is 0.496 e. The van der Waals surface area contributed by atoms with Gasteiger partial charge in [-0.25, -0.2) is 4.98 Å². The van der Waals surface area contributed by atoms with Crippen LogP contribution in [0.25, 0.3) is 22.3 Å². The van der Waals surface area contributed by atoms with Gasteiger partial charge in [-0.15, -0.1) is 0 Å².